The van der Waals surface area contributed by atoms with Gasteiger partial charge in [0, 0.05) is 12.5 Å². The normalized spacial score (nSPS) is 14.0. The number of amides is 1. The number of ether oxygens (including phenoxy) is 1. The Kier molecular flexibility index (Phi) is 20.7. The zero-order valence-electron chi connectivity index (χ0n) is 17.8. The van der Waals surface area contributed by atoms with Crippen molar-refractivity contribution in [2.75, 3.05) is 19.8 Å². The smallest absolute Gasteiger partial charge is 0.220 e. The van der Waals surface area contributed by atoms with Crippen molar-refractivity contribution >= 4 is 5.91 Å². The van der Waals surface area contributed by atoms with E-state index in [1.807, 2.05) is 0 Å². The lowest BCUT2D eigenvalue weighted by Gasteiger charge is -2.12. The van der Waals surface area contributed by atoms with Gasteiger partial charge in [0.25, 0.3) is 0 Å². The molecule has 1 aliphatic rings. The molecule has 160 valence electrons. The number of aliphatic hydroxyl groups excluding tert-OH is 1. The SMILES string of the molecule is C1CO1.CCCCCCCCC=CCCCCCCC(CCCO)C(N)=O. The zero-order valence-corrected chi connectivity index (χ0v) is 17.8. The molecule has 0 aromatic carbocycles. The van der Waals surface area contributed by atoms with E-state index in [2.05, 4.69) is 23.8 Å². The summed E-state index contributed by atoms with van der Waals surface area (Å²) in [5, 5.41) is 8.83. The molecule has 3 N–H and O–H groups in total. The van der Waals surface area contributed by atoms with Gasteiger partial charge in [-0.1, -0.05) is 70.4 Å². The van der Waals surface area contributed by atoms with E-state index < -0.39 is 0 Å². The summed E-state index contributed by atoms with van der Waals surface area (Å²) < 4.78 is 4.50. The van der Waals surface area contributed by atoms with Gasteiger partial charge < -0.3 is 15.6 Å². The number of epoxide rings is 1. The molecular formula is C23H45NO3. The van der Waals surface area contributed by atoms with Gasteiger partial charge in [-0.2, -0.15) is 0 Å². The lowest BCUT2D eigenvalue weighted by molar-refractivity contribution is -0.122. The molecule has 1 amide bonds. The molecule has 1 fully saturated rings. The molecule has 0 aliphatic carbocycles. The number of nitrogens with two attached hydrogens (primary N) is 1. The van der Waals surface area contributed by atoms with Crippen LogP contribution in [0.25, 0.3) is 0 Å². The molecule has 0 saturated carbocycles. The van der Waals surface area contributed by atoms with Gasteiger partial charge in [0.1, 0.15) is 0 Å². The van der Waals surface area contributed by atoms with Crippen molar-refractivity contribution in [1.82, 2.24) is 0 Å². The average Bonchev–Trinajstić information content (AvgIpc) is 3.53. The lowest BCUT2D eigenvalue weighted by atomic mass is 9.95. The molecular weight excluding hydrogens is 338 g/mol. The summed E-state index contributed by atoms with van der Waals surface area (Å²) in [7, 11) is 0. The van der Waals surface area contributed by atoms with Gasteiger partial charge in [-0.05, 0) is 44.9 Å². The molecule has 0 spiro atoms. The van der Waals surface area contributed by atoms with E-state index in [-0.39, 0.29) is 18.4 Å². The predicted molar refractivity (Wildman–Crippen MR) is 115 cm³/mol. The van der Waals surface area contributed by atoms with Crippen LogP contribution in [0.4, 0.5) is 0 Å². The number of carbonyl (C=O) groups excluding carboxylic acids is 1. The van der Waals surface area contributed by atoms with Crippen LogP contribution in [-0.4, -0.2) is 30.8 Å². The van der Waals surface area contributed by atoms with E-state index in [9.17, 15) is 4.79 Å². The fourth-order valence-corrected chi connectivity index (χ4v) is 3.05. The maximum atomic E-state index is 11.3. The summed E-state index contributed by atoms with van der Waals surface area (Å²) >= 11 is 0. The number of hydrogen-bond acceptors (Lipinski definition) is 3. The largest absolute Gasteiger partial charge is 0.396 e. The summed E-state index contributed by atoms with van der Waals surface area (Å²) in [6.45, 7) is 4.41. The van der Waals surface area contributed by atoms with Crippen molar-refractivity contribution in [3.8, 4) is 0 Å². The molecule has 0 bridgehead atoms. The Hall–Kier alpha value is -0.870. The highest BCUT2D eigenvalue weighted by atomic mass is 16.6. The Balaban J connectivity index is 0.00000203. The lowest BCUT2D eigenvalue weighted by Crippen LogP contribution is -2.23. The van der Waals surface area contributed by atoms with Crippen LogP contribution < -0.4 is 5.73 Å². The van der Waals surface area contributed by atoms with Gasteiger partial charge in [0.05, 0.1) is 13.2 Å². The van der Waals surface area contributed by atoms with E-state index in [1.165, 1.54) is 70.6 Å². The van der Waals surface area contributed by atoms with E-state index in [0.29, 0.717) is 6.42 Å². The molecule has 1 unspecified atom stereocenters. The Labute approximate surface area is 167 Å². The highest BCUT2D eigenvalue weighted by molar-refractivity contribution is 5.76. The van der Waals surface area contributed by atoms with Gasteiger partial charge in [-0.3, -0.25) is 4.79 Å². The zero-order chi connectivity index (χ0) is 20.0. The Morgan fingerprint density at radius 2 is 1.37 bits per heavy atom. The first-order chi connectivity index (χ1) is 13.2. The van der Waals surface area contributed by atoms with Crippen molar-refractivity contribution in [2.45, 2.75) is 103 Å². The van der Waals surface area contributed by atoms with Gasteiger partial charge in [0.2, 0.25) is 5.91 Å². The second-order valence-corrected chi connectivity index (χ2v) is 7.60. The van der Waals surface area contributed by atoms with Crippen LogP contribution in [0.3, 0.4) is 0 Å². The summed E-state index contributed by atoms with van der Waals surface area (Å²) in [6, 6.07) is 0. The monoisotopic (exact) mass is 383 g/mol. The van der Waals surface area contributed by atoms with E-state index in [0.717, 1.165) is 32.5 Å². The molecule has 4 nitrogen and oxygen atoms in total. The van der Waals surface area contributed by atoms with Crippen molar-refractivity contribution in [3.63, 3.8) is 0 Å². The van der Waals surface area contributed by atoms with Gasteiger partial charge >= 0.3 is 0 Å². The van der Waals surface area contributed by atoms with Crippen molar-refractivity contribution in [1.29, 1.82) is 0 Å². The number of unbranched alkanes of at least 4 members (excludes halogenated alkanes) is 10. The number of aliphatic hydroxyl groups is 1. The highest BCUT2D eigenvalue weighted by Crippen LogP contribution is 2.16. The summed E-state index contributed by atoms with van der Waals surface area (Å²) in [5.41, 5.74) is 5.40. The number of allylic oxidation sites excluding steroid dienone is 2. The second-order valence-electron chi connectivity index (χ2n) is 7.60. The van der Waals surface area contributed by atoms with Crippen LogP contribution in [0, 0.1) is 5.92 Å². The molecule has 0 aromatic rings. The second kappa shape index (κ2) is 21.4. The minimum absolute atomic E-state index is 0.0469. The number of carbonyl (C=O) groups is 1. The summed E-state index contributed by atoms with van der Waals surface area (Å²) in [5.74, 6) is -0.254. The van der Waals surface area contributed by atoms with E-state index in [1.54, 1.807) is 0 Å². The Morgan fingerprint density at radius 1 is 0.889 bits per heavy atom. The molecule has 1 rings (SSSR count). The molecule has 1 aliphatic heterocycles. The molecule has 4 heteroatoms. The third kappa shape index (κ3) is 23.1. The third-order valence-corrected chi connectivity index (χ3v) is 4.88. The van der Waals surface area contributed by atoms with Crippen LogP contribution in [0.15, 0.2) is 12.2 Å². The highest BCUT2D eigenvalue weighted by Gasteiger charge is 2.13. The van der Waals surface area contributed by atoms with E-state index >= 15 is 0 Å². The number of primary amides is 1. The molecule has 1 atom stereocenters. The summed E-state index contributed by atoms with van der Waals surface area (Å²) in [6.07, 6.45) is 22.3. The van der Waals surface area contributed by atoms with Crippen molar-refractivity contribution < 1.29 is 14.6 Å². The minimum atomic E-state index is -0.207. The van der Waals surface area contributed by atoms with E-state index in [4.69, 9.17) is 10.8 Å². The maximum absolute atomic E-state index is 11.3. The van der Waals surface area contributed by atoms with Crippen LogP contribution in [0.1, 0.15) is 103 Å². The van der Waals surface area contributed by atoms with Gasteiger partial charge in [-0.25, -0.2) is 0 Å². The number of hydrogen-bond donors (Lipinski definition) is 2. The average molecular weight is 384 g/mol. The van der Waals surface area contributed by atoms with Crippen molar-refractivity contribution in [3.05, 3.63) is 12.2 Å². The molecule has 1 saturated heterocycles. The molecule has 27 heavy (non-hydrogen) atoms. The topological polar surface area (TPSA) is 75.8 Å². The van der Waals surface area contributed by atoms with Crippen LogP contribution in [-0.2, 0) is 9.53 Å². The minimum Gasteiger partial charge on any atom is -0.396 e. The molecule has 0 radical (unpaired) electrons. The van der Waals surface area contributed by atoms with Crippen LogP contribution >= 0.6 is 0 Å². The quantitative estimate of drug-likeness (QED) is 0.186. The summed E-state index contributed by atoms with van der Waals surface area (Å²) in [4.78, 5) is 11.3. The first kappa shape index (κ1) is 26.1. The van der Waals surface area contributed by atoms with Crippen LogP contribution in [0.2, 0.25) is 0 Å². The maximum Gasteiger partial charge on any atom is 0.220 e. The molecule has 1 heterocycles. The fourth-order valence-electron chi connectivity index (χ4n) is 3.05. The Bertz CT molecular complexity index is 340. The Morgan fingerprint density at radius 3 is 1.85 bits per heavy atom. The number of rotatable bonds is 18. The standard InChI is InChI=1S/C21H41NO2.C2H4O/c1-2-3-4-5-6-7-8-9-10-11-12-13-14-15-17-20(21(22)24)18-16-19-23;1-2-3-1/h9-10,20,23H,2-8,11-19H2,1H3,(H2,22,24);1-2H2. The predicted octanol–water partition coefficient (Wildman–Crippen LogP) is 5.52. The van der Waals surface area contributed by atoms with Gasteiger partial charge in [0.15, 0.2) is 0 Å². The van der Waals surface area contributed by atoms with Crippen molar-refractivity contribution in [2.24, 2.45) is 11.7 Å². The van der Waals surface area contributed by atoms with Crippen LogP contribution in [0.5, 0.6) is 0 Å². The molecule has 0 aromatic heterocycles. The first-order valence-corrected chi connectivity index (χ1v) is 11.3. The third-order valence-electron chi connectivity index (χ3n) is 4.88. The fraction of sp³-hybridized carbons (Fsp3) is 0.870. The van der Waals surface area contributed by atoms with Gasteiger partial charge in [-0.15, -0.1) is 0 Å². The first-order valence-electron chi connectivity index (χ1n) is 11.3.